The molecule has 2 heterocycles. The normalized spacial score (nSPS) is 11.5. The molecule has 2 aromatic heterocycles. The highest BCUT2D eigenvalue weighted by Crippen LogP contribution is 2.49. The lowest BCUT2D eigenvalue weighted by molar-refractivity contribution is 1.18. The van der Waals surface area contributed by atoms with Gasteiger partial charge in [0, 0.05) is 59.1 Å². The van der Waals surface area contributed by atoms with Crippen LogP contribution in [0, 0.1) is 0 Å². The van der Waals surface area contributed by atoms with Crippen LogP contribution in [-0.2, 0) is 0 Å². The minimum Gasteiger partial charge on any atom is -0.310 e. The fourth-order valence-electron chi connectivity index (χ4n) is 8.51. The van der Waals surface area contributed by atoms with Crippen molar-refractivity contribution in [1.29, 1.82) is 0 Å². The van der Waals surface area contributed by atoms with Crippen LogP contribution in [0.1, 0.15) is 0 Å². The van der Waals surface area contributed by atoms with Gasteiger partial charge < -0.3 is 9.47 Å². The highest BCUT2D eigenvalue weighted by Gasteiger charge is 2.24. The van der Waals surface area contributed by atoms with Crippen molar-refractivity contribution < 1.29 is 0 Å². The summed E-state index contributed by atoms with van der Waals surface area (Å²) in [4.78, 5) is 2.46. The average Bonchev–Trinajstić information content (AvgIpc) is 3.83. The average molecular weight is 745 g/mol. The second-order valence-corrected chi connectivity index (χ2v) is 15.6. The van der Waals surface area contributed by atoms with E-state index in [1.165, 1.54) is 75.4 Å². The zero-order valence-electron chi connectivity index (χ0n) is 31.1. The number of aromatic nitrogens is 1. The second-order valence-electron chi connectivity index (χ2n) is 14.5. The van der Waals surface area contributed by atoms with Crippen LogP contribution < -0.4 is 4.90 Å². The Labute approximate surface area is 335 Å². The van der Waals surface area contributed by atoms with E-state index < -0.39 is 0 Å². The maximum Gasteiger partial charge on any atom is 0.0548 e. The summed E-state index contributed by atoms with van der Waals surface area (Å²) in [5, 5.41) is 5.02. The molecule has 0 bridgehead atoms. The summed E-state index contributed by atoms with van der Waals surface area (Å²) in [5.41, 5.74) is 14.0. The third kappa shape index (κ3) is 5.71. The molecule has 0 aliphatic carbocycles. The smallest absolute Gasteiger partial charge is 0.0548 e. The van der Waals surface area contributed by atoms with Crippen molar-refractivity contribution in [2.45, 2.75) is 0 Å². The third-order valence-corrected chi connectivity index (χ3v) is 12.4. The van der Waals surface area contributed by atoms with Crippen LogP contribution in [0.4, 0.5) is 17.1 Å². The molecule has 57 heavy (non-hydrogen) atoms. The molecule has 0 aliphatic heterocycles. The largest absolute Gasteiger partial charge is 0.310 e. The Morgan fingerprint density at radius 2 is 0.877 bits per heavy atom. The van der Waals surface area contributed by atoms with Crippen LogP contribution in [0.3, 0.4) is 0 Å². The van der Waals surface area contributed by atoms with E-state index >= 15 is 0 Å². The molecule has 0 radical (unpaired) electrons. The van der Waals surface area contributed by atoms with Gasteiger partial charge in [0.2, 0.25) is 0 Å². The van der Waals surface area contributed by atoms with E-state index in [4.69, 9.17) is 0 Å². The molecule has 0 saturated heterocycles. The number of fused-ring (bicyclic) bond motifs is 6. The van der Waals surface area contributed by atoms with Gasteiger partial charge in [-0.15, -0.1) is 11.3 Å². The van der Waals surface area contributed by atoms with Gasteiger partial charge in [-0.05, 0) is 82.9 Å². The Balaban J connectivity index is 1.22. The maximum atomic E-state index is 2.46. The van der Waals surface area contributed by atoms with E-state index in [9.17, 15) is 0 Å². The highest BCUT2D eigenvalue weighted by atomic mass is 32.1. The van der Waals surface area contributed by atoms with Gasteiger partial charge in [0.15, 0.2) is 0 Å². The zero-order valence-corrected chi connectivity index (χ0v) is 31.9. The topological polar surface area (TPSA) is 8.17 Å². The van der Waals surface area contributed by atoms with Gasteiger partial charge in [-0.25, -0.2) is 0 Å². The van der Waals surface area contributed by atoms with Crippen LogP contribution in [0.15, 0.2) is 218 Å². The quantitative estimate of drug-likeness (QED) is 0.158. The number of thiophene rings is 1. The standard InChI is InChI=1S/C54H36N2S/c1-4-15-37(16-5-1)39-27-31-42(32-28-39)55(43-33-29-40(30-34-43)38-17-6-2-7-18-38)51-35-48-44-21-10-12-25-50(44)56(41-19-8-3-9-20-41)52(48)36-49(51)47-24-14-23-46-45-22-11-13-26-53(45)57-54(46)47/h1-36H. The molecule has 0 atom stereocenters. The van der Waals surface area contributed by atoms with Crippen molar-refractivity contribution in [3.63, 3.8) is 0 Å². The molecule has 0 amide bonds. The summed E-state index contributed by atoms with van der Waals surface area (Å²) in [6.07, 6.45) is 0. The van der Waals surface area contributed by atoms with Crippen molar-refractivity contribution in [2.24, 2.45) is 0 Å². The second kappa shape index (κ2) is 13.8. The van der Waals surface area contributed by atoms with Crippen LogP contribution in [0.2, 0.25) is 0 Å². The van der Waals surface area contributed by atoms with Crippen LogP contribution in [-0.4, -0.2) is 4.57 Å². The molecule has 11 rings (SSSR count). The first kappa shape index (κ1) is 33.2. The van der Waals surface area contributed by atoms with Crippen molar-refractivity contribution in [3.8, 4) is 39.1 Å². The summed E-state index contributed by atoms with van der Waals surface area (Å²) >= 11 is 1.88. The first-order chi connectivity index (χ1) is 28.3. The number of hydrogen-bond acceptors (Lipinski definition) is 2. The van der Waals surface area contributed by atoms with Gasteiger partial charge in [-0.1, -0.05) is 158 Å². The van der Waals surface area contributed by atoms with Crippen molar-refractivity contribution in [3.05, 3.63) is 218 Å². The maximum absolute atomic E-state index is 2.46. The zero-order chi connectivity index (χ0) is 37.7. The SMILES string of the molecule is c1ccc(-c2ccc(N(c3ccc(-c4ccccc4)cc3)c3cc4c5ccccc5n(-c5ccccc5)c4cc3-c3cccc4c3sc3ccccc34)cc2)cc1. The predicted molar refractivity (Wildman–Crippen MR) is 245 cm³/mol. The summed E-state index contributed by atoms with van der Waals surface area (Å²) in [6, 6.07) is 79.4. The molecular formula is C54H36N2S. The predicted octanol–water partition coefficient (Wildman–Crippen LogP) is 15.6. The van der Waals surface area contributed by atoms with Crippen molar-refractivity contribution >= 4 is 70.4 Å². The van der Waals surface area contributed by atoms with E-state index in [0.717, 1.165) is 22.7 Å². The van der Waals surface area contributed by atoms with E-state index in [1.807, 2.05) is 11.3 Å². The summed E-state index contributed by atoms with van der Waals surface area (Å²) in [5.74, 6) is 0. The lowest BCUT2D eigenvalue weighted by Gasteiger charge is -2.29. The highest BCUT2D eigenvalue weighted by molar-refractivity contribution is 7.26. The summed E-state index contributed by atoms with van der Waals surface area (Å²) in [6.45, 7) is 0. The minimum atomic E-state index is 1.10. The molecule has 0 aliphatic rings. The molecule has 0 spiro atoms. The monoisotopic (exact) mass is 744 g/mol. The van der Waals surface area contributed by atoms with E-state index in [0.29, 0.717) is 0 Å². The van der Waals surface area contributed by atoms with Crippen molar-refractivity contribution in [1.82, 2.24) is 4.57 Å². The number of hydrogen-bond donors (Lipinski definition) is 0. The van der Waals surface area contributed by atoms with Crippen LogP contribution in [0.25, 0.3) is 81.0 Å². The summed E-state index contributed by atoms with van der Waals surface area (Å²) in [7, 11) is 0. The van der Waals surface area contributed by atoms with E-state index in [2.05, 4.69) is 228 Å². The molecule has 3 heteroatoms. The fourth-order valence-corrected chi connectivity index (χ4v) is 9.74. The molecular weight excluding hydrogens is 709 g/mol. The Morgan fingerprint density at radius 3 is 1.53 bits per heavy atom. The molecule has 2 nitrogen and oxygen atoms in total. The number of rotatable bonds is 7. The van der Waals surface area contributed by atoms with Gasteiger partial charge in [-0.3, -0.25) is 0 Å². The van der Waals surface area contributed by atoms with E-state index in [1.54, 1.807) is 0 Å². The minimum absolute atomic E-state index is 1.10. The fraction of sp³-hybridized carbons (Fsp3) is 0. The molecule has 268 valence electrons. The van der Waals surface area contributed by atoms with Gasteiger partial charge in [0.1, 0.15) is 0 Å². The third-order valence-electron chi connectivity index (χ3n) is 11.2. The van der Waals surface area contributed by atoms with Gasteiger partial charge in [0.25, 0.3) is 0 Å². The molecule has 0 N–H and O–H groups in total. The molecule has 11 aromatic rings. The van der Waals surface area contributed by atoms with Gasteiger partial charge >= 0.3 is 0 Å². The first-order valence-electron chi connectivity index (χ1n) is 19.4. The molecule has 9 aromatic carbocycles. The van der Waals surface area contributed by atoms with Gasteiger partial charge in [-0.2, -0.15) is 0 Å². The van der Waals surface area contributed by atoms with Crippen molar-refractivity contribution in [2.75, 3.05) is 4.90 Å². The Morgan fingerprint density at radius 1 is 0.351 bits per heavy atom. The lowest BCUT2D eigenvalue weighted by Crippen LogP contribution is -2.11. The number of benzene rings is 9. The number of para-hydroxylation sites is 2. The van der Waals surface area contributed by atoms with E-state index in [-0.39, 0.29) is 0 Å². The number of nitrogens with zero attached hydrogens (tertiary/aromatic N) is 2. The van der Waals surface area contributed by atoms with Gasteiger partial charge in [0.05, 0.1) is 16.7 Å². The first-order valence-corrected chi connectivity index (χ1v) is 20.2. The van der Waals surface area contributed by atoms with Crippen LogP contribution in [0.5, 0.6) is 0 Å². The number of anilines is 3. The Bertz CT molecular complexity index is 3120. The Hall–Kier alpha value is -7.20. The summed E-state index contributed by atoms with van der Waals surface area (Å²) < 4.78 is 5.02. The lowest BCUT2D eigenvalue weighted by atomic mass is 9.97. The molecule has 0 fully saturated rings. The molecule has 0 unspecified atom stereocenters. The molecule has 0 saturated carbocycles. The Kier molecular flexibility index (Phi) is 8.04. The van der Waals surface area contributed by atoms with Crippen LogP contribution >= 0.6 is 11.3 Å².